The van der Waals surface area contributed by atoms with Crippen LogP contribution in [0.4, 0.5) is 0 Å². The molecule has 0 saturated heterocycles. The summed E-state index contributed by atoms with van der Waals surface area (Å²) in [6.07, 6.45) is 5.05. The summed E-state index contributed by atoms with van der Waals surface area (Å²) in [5.41, 5.74) is 6.08. The lowest BCUT2D eigenvalue weighted by Gasteiger charge is -2.36. The van der Waals surface area contributed by atoms with Crippen molar-refractivity contribution in [3.63, 3.8) is 0 Å². The first-order valence-electron chi connectivity index (χ1n) is 18.7. The molecule has 0 unspecified atom stereocenters. The van der Waals surface area contributed by atoms with Gasteiger partial charge in [-0.05, 0) is 92.3 Å². The summed E-state index contributed by atoms with van der Waals surface area (Å²) < 4.78 is 24.7. The maximum Gasteiger partial charge on any atom is 0.191 e. The highest BCUT2D eigenvalue weighted by molar-refractivity contribution is 6.74. The normalized spacial score (nSPS) is 11.7. The van der Waals surface area contributed by atoms with Crippen LogP contribution in [0.2, 0.25) is 18.1 Å². The number of nitrogens with zero attached hydrogens (tertiary/aromatic N) is 10. The summed E-state index contributed by atoms with van der Waals surface area (Å²) >= 11 is 0. The predicted molar refractivity (Wildman–Crippen MR) is 216 cm³/mol. The third-order valence-corrected chi connectivity index (χ3v) is 14.4. The highest BCUT2D eigenvalue weighted by atomic mass is 28.4. The van der Waals surface area contributed by atoms with Crippen molar-refractivity contribution < 1.29 is 19.0 Å². The van der Waals surface area contributed by atoms with Gasteiger partial charge >= 0.3 is 0 Å². The van der Waals surface area contributed by atoms with E-state index in [9.17, 15) is 0 Å². The van der Waals surface area contributed by atoms with E-state index in [0.29, 0.717) is 26.1 Å². The zero-order valence-corrected chi connectivity index (χ0v) is 34.7. The molecule has 6 aromatic rings. The Morgan fingerprint density at radius 1 is 0.673 bits per heavy atom. The van der Waals surface area contributed by atoms with Gasteiger partial charge < -0.3 is 28.1 Å². The molecule has 0 saturated carbocycles. The summed E-state index contributed by atoms with van der Waals surface area (Å²) in [5, 5.41) is 35.3. The van der Waals surface area contributed by atoms with Gasteiger partial charge in [-0.15, -0.1) is 20.4 Å². The number of hydrogen-bond donors (Lipinski definition) is 1. The Hall–Kier alpha value is -5.12. The fraction of sp³-hybridized carbons (Fsp3) is 0.450. The molecule has 0 amide bonds. The topological polar surface area (TPSA) is 145 Å². The van der Waals surface area contributed by atoms with Crippen LogP contribution in [0.1, 0.15) is 56.1 Å². The van der Waals surface area contributed by atoms with E-state index in [0.717, 1.165) is 76.6 Å². The zero-order valence-electron chi connectivity index (χ0n) is 33.7. The molecule has 0 radical (unpaired) electrons. The zero-order chi connectivity index (χ0) is 39.6. The molecule has 0 spiro atoms. The molecule has 14 nitrogen and oxygen atoms in total. The van der Waals surface area contributed by atoms with Crippen molar-refractivity contribution in [2.45, 2.75) is 91.8 Å². The Bertz CT molecular complexity index is 2080. The monoisotopic (exact) mass is 768 g/mol. The Morgan fingerprint density at radius 2 is 1.11 bits per heavy atom. The second-order valence-electron chi connectivity index (χ2n) is 15.1. The fourth-order valence-electron chi connectivity index (χ4n) is 5.76. The van der Waals surface area contributed by atoms with E-state index in [1.54, 1.807) is 26.9 Å². The third kappa shape index (κ3) is 10.8. The van der Waals surface area contributed by atoms with Gasteiger partial charge in [0.15, 0.2) is 20.0 Å². The van der Waals surface area contributed by atoms with E-state index in [-0.39, 0.29) is 11.6 Å². The van der Waals surface area contributed by atoms with Crippen LogP contribution < -0.4 is 9.47 Å². The van der Waals surface area contributed by atoms with E-state index in [2.05, 4.69) is 82.1 Å². The lowest BCUT2D eigenvalue weighted by molar-refractivity contribution is 0.273. The van der Waals surface area contributed by atoms with E-state index < -0.39 is 8.32 Å². The molecule has 0 aliphatic rings. The van der Waals surface area contributed by atoms with Crippen molar-refractivity contribution in [3.8, 4) is 34.5 Å². The van der Waals surface area contributed by atoms with E-state index in [1.165, 1.54) is 0 Å². The highest BCUT2D eigenvalue weighted by Gasteiger charge is 2.36. The average Bonchev–Trinajstić information content (AvgIpc) is 3.97. The molecule has 6 rings (SSSR count). The molecule has 55 heavy (non-hydrogen) atoms. The van der Waals surface area contributed by atoms with Crippen molar-refractivity contribution in [2.75, 3.05) is 27.4 Å². The fourth-order valence-corrected chi connectivity index (χ4v) is 6.85. The quantitative estimate of drug-likeness (QED) is 0.0824. The predicted octanol–water partition coefficient (Wildman–Crippen LogP) is 6.81. The molecule has 1 N–H and O–H groups in total. The highest BCUT2D eigenvalue weighted by Crippen LogP contribution is 2.36. The third-order valence-electron chi connectivity index (χ3n) is 9.83. The van der Waals surface area contributed by atoms with Crippen molar-refractivity contribution in [1.29, 1.82) is 0 Å². The van der Waals surface area contributed by atoms with Crippen LogP contribution in [0.15, 0.2) is 73.3 Å². The molecular weight excluding hydrogens is 713 g/mol. The minimum absolute atomic E-state index is 0.136. The number of aryl methyl sites for hydroxylation is 4. The van der Waals surface area contributed by atoms with Crippen LogP contribution in [0.3, 0.4) is 0 Å². The maximum absolute atomic E-state index is 9.06. The van der Waals surface area contributed by atoms with Crippen LogP contribution in [0, 0.1) is 13.8 Å². The number of methoxy groups -OCH3 is 2. The summed E-state index contributed by atoms with van der Waals surface area (Å²) in [7, 11) is 1.60. The molecule has 0 atom stereocenters. The van der Waals surface area contributed by atoms with Crippen molar-refractivity contribution in [2.24, 2.45) is 0 Å². The number of hydrogen-bond acceptors (Lipinski definition) is 10. The van der Waals surface area contributed by atoms with Crippen molar-refractivity contribution >= 4 is 8.32 Å². The molecule has 2 aromatic carbocycles. The molecule has 0 bridgehead atoms. The van der Waals surface area contributed by atoms with Gasteiger partial charge in [-0.1, -0.05) is 45.0 Å². The Kier molecular flexibility index (Phi) is 13.8. The first kappa shape index (κ1) is 41.0. The van der Waals surface area contributed by atoms with Gasteiger partial charge in [0.2, 0.25) is 0 Å². The molecule has 294 valence electrons. The SMILES string of the molecule is COc1ccc(Cn2cnnc2-c2cc(C)nn2CCCO)cc1.COc1ccc(Cn2cnnc2-c2cc(C)nn2CCCO[Si](C)(C)C(C)(C)C)cc1. The minimum atomic E-state index is -1.73. The molecule has 0 fully saturated rings. The van der Waals surface area contributed by atoms with Crippen LogP contribution in [0.25, 0.3) is 23.0 Å². The summed E-state index contributed by atoms with van der Waals surface area (Å²) in [6, 6.07) is 20.0. The standard InChI is InChI=1S/C23H35N5O2Si.C17H21N5O2/c1-18-15-21(28(26-18)13-8-14-30-31(6,7)23(2,3)4)22-25-24-17-27(22)16-19-9-11-20(29-5)12-10-19;1-13-10-16(22(20-13)8-3-9-23)17-19-18-12-21(17)11-14-4-6-15(24-2)7-5-14/h9-12,15,17H,8,13-14,16H2,1-7H3;4-7,10,12,23H,3,8-9,11H2,1-2H3. The second kappa shape index (κ2) is 18.5. The first-order valence-corrected chi connectivity index (χ1v) is 21.6. The van der Waals surface area contributed by atoms with Gasteiger partial charge in [0, 0.05) is 26.3 Å². The Labute approximate surface area is 325 Å². The van der Waals surface area contributed by atoms with Gasteiger partial charge in [0.05, 0.1) is 38.7 Å². The molecule has 4 heterocycles. The van der Waals surface area contributed by atoms with E-state index in [1.807, 2.05) is 70.2 Å². The molecule has 0 aliphatic carbocycles. The number of aliphatic hydroxyl groups is 1. The Morgan fingerprint density at radius 3 is 1.51 bits per heavy atom. The van der Waals surface area contributed by atoms with Gasteiger partial charge in [-0.2, -0.15) is 10.2 Å². The largest absolute Gasteiger partial charge is 0.497 e. The molecular formula is C40H56N10O4Si. The summed E-state index contributed by atoms with van der Waals surface area (Å²) in [4.78, 5) is 0. The molecule has 4 aromatic heterocycles. The van der Waals surface area contributed by atoms with Gasteiger partial charge in [-0.25, -0.2) is 0 Å². The number of ether oxygens (including phenoxy) is 2. The smallest absolute Gasteiger partial charge is 0.191 e. The number of benzene rings is 2. The van der Waals surface area contributed by atoms with Crippen LogP contribution >= 0.6 is 0 Å². The first-order chi connectivity index (χ1) is 26.3. The Balaban J connectivity index is 0.000000218. The van der Waals surface area contributed by atoms with Crippen LogP contribution in [0.5, 0.6) is 11.5 Å². The van der Waals surface area contributed by atoms with Gasteiger partial charge in [-0.3, -0.25) is 9.36 Å². The molecule has 0 aliphatic heterocycles. The number of aromatic nitrogens is 10. The van der Waals surface area contributed by atoms with Crippen LogP contribution in [-0.4, -0.2) is 89.9 Å². The summed E-state index contributed by atoms with van der Waals surface area (Å²) in [6.45, 7) is 19.0. The van der Waals surface area contributed by atoms with Gasteiger partial charge in [0.1, 0.15) is 35.5 Å². The number of rotatable bonds is 16. The molecule has 15 heteroatoms. The minimum Gasteiger partial charge on any atom is -0.497 e. The maximum atomic E-state index is 9.06. The lowest BCUT2D eigenvalue weighted by Crippen LogP contribution is -2.41. The second-order valence-corrected chi connectivity index (χ2v) is 19.9. The average molecular weight is 769 g/mol. The van der Waals surface area contributed by atoms with Crippen molar-refractivity contribution in [1.82, 2.24) is 49.1 Å². The van der Waals surface area contributed by atoms with E-state index in [4.69, 9.17) is 24.1 Å². The van der Waals surface area contributed by atoms with E-state index >= 15 is 0 Å². The lowest BCUT2D eigenvalue weighted by atomic mass is 10.2. The van der Waals surface area contributed by atoms with Crippen LogP contribution in [-0.2, 0) is 30.6 Å². The van der Waals surface area contributed by atoms with Crippen molar-refractivity contribution in [3.05, 3.63) is 95.8 Å². The van der Waals surface area contributed by atoms with Gasteiger partial charge in [0.25, 0.3) is 0 Å². The number of aliphatic hydroxyl groups excluding tert-OH is 1. The summed E-state index contributed by atoms with van der Waals surface area (Å²) in [5.74, 6) is 3.27.